The Morgan fingerprint density at radius 3 is 1.67 bits per heavy atom. The van der Waals surface area contributed by atoms with Crippen LogP contribution in [0.2, 0.25) is 0 Å². The molecular weight excluding hydrogens is 1110 g/mol. The molecule has 0 spiro atoms. The lowest BCUT2D eigenvalue weighted by Crippen LogP contribution is -3.65. The lowest BCUT2D eigenvalue weighted by molar-refractivity contribution is -0.651. The molecule has 0 radical (unpaired) electrons. The number of phenols is 1. The third-order valence-electron chi connectivity index (χ3n) is 8.60. The summed E-state index contributed by atoms with van der Waals surface area (Å²) in [6.07, 6.45) is 0.897. The van der Waals surface area contributed by atoms with Gasteiger partial charge in [0.15, 0.2) is 31.2 Å². The number of hydrogen-bond acceptors (Lipinski definition) is 6. The van der Waals surface area contributed by atoms with Crippen molar-refractivity contribution in [1.29, 1.82) is 10.5 Å². The SMILES string of the molecule is C.C1=CCC([I+]c2ccccc2)C=C1.C[N+]1=C(C(F)(F)F)C(Br)C(c2cc(O)c(C#N)cc2F)=N1.C[N+]1=C(C(F)(F)F)C(Br)C(c2cc(Oc3ccccc3)c(C#N)cc2F)=N1.[Cl-]. The predicted octanol–water partition coefficient (Wildman–Crippen LogP) is 4.62. The molecule has 0 aromatic heterocycles. The molecule has 0 fully saturated rings. The number of para-hydroxylation sites is 1. The summed E-state index contributed by atoms with van der Waals surface area (Å²) in [4.78, 5) is -2.72. The van der Waals surface area contributed by atoms with Crippen molar-refractivity contribution in [2.75, 3.05) is 14.1 Å². The molecule has 20 heteroatoms. The topological polar surface area (TPSA) is 108 Å². The lowest BCUT2D eigenvalue weighted by Gasteiger charge is -2.12. The predicted molar refractivity (Wildman–Crippen MR) is 222 cm³/mol. The van der Waals surface area contributed by atoms with Gasteiger partial charge in [0.05, 0.1) is 11.1 Å². The highest BCUT2D eigenvalue weighted by Gasteiger charge is 2.54. The number of nitriles is 2. The van der Waals surface area contributed by atoms with E-state index in [0.29, 0.717) is 15.1 Å². The van der Waals surface area contributed by atoms with E-state index in [9.17, 15) is 45.5 Å². The first-order chi connectivity index (χ1) is 28.8. The number of rotatable bonds is 6. The first kappa shape index (κ1) is 52.4. The van der Waals surface area contributed by atoms with Gasteiger partial charge in [-0.05, 0) is 64.8 Å². The van der Waals surface area contributed by atoms with E-state index in [1.807, 2.05) is 6.07 Å². The summed E-state index contributed by atoms with van der Waals surface area (Å²) in [5.41, 5.74) is -3.25. The molecule has 0 bridgehead atoms. The summed E-state index contributed by atoms with van der Waals surface area (Å²) in [6.45, 7) is 0. The van der Waals surface area contributed by atoms with Crippen molar-refractivity contribution in [3.63, 3.8) is 0 Å². The van der Waals surface area contributed by atoms with Crippen molar-refractivity contribution in [1.82, 2.24) is 0 Å². The molecule has 1 N–H and O–H groups in total. The fourth-order valence-electron chi connectivity index (χ4n) is 5.82. The average Bonchev–Trinajstić information content (AvgIpc) is 3.70. The van der Waals surface area contributed by atoms with E-state index in [0.717, 1.165) is 36.2 Å². The molecule has 7 rings (SSSR count). The third-order valence-corrected chi connectivity index (χ3v) is 13.5. The van der Waals surface area contributed by atoms with Gasteiger partial charge in [-0.1, -0.05) is 103 Å². The molecule has 3 unspecified atom stereocenters. The van der Waals surface area contributed by atoms with E-state index in [1.165, 1.54) is 12.5 Å². The van der Waals surface area contributed by atoms with Gasteiger partial charge >= 0.3 is 45.0 Å². The number of phenolic OH excluding ortho intramolecular Hbond substituents is 1. The van der Waals surface area contributed by atoms with Crippen molar-refractivity contribution in [2.24, 2.45) is 10.2 Å². The standard InChI is InChI=1S/C18H11BrF4N3O.C12H6BrF4N3O.C12H12I.CH4.ClH/c1-26-17(18(21,22)23)15(19)16(25-26)12-8-14(10(9-24)7-13(12)20)27-11-5-3-2-4-6-11;1-20-11(12(15,16)17)9(13)10(19-20)6-3-8(21)5(4-18)2-7(6)14;1-3-7-11(8-4-1)13-12-9-5-2-6-10-12;;/h2-8,15H,1H3;2-3,9H,1H3;1-9,12H,10H2;1H4;1H/q+1;;+1;;. The first-order valence-corrected chi connectivity index (χ1v) is 21.7. The van der Waals surface area contributed by atoms with Crippen LogP contribution in [-0.4, -0.2) is 77.3 Å². The molecule has 2 aliphatic heterocycles. The van der Waals surface area contributed by atoms with E-state index in [4.69, 9.17) is 10.00 Å². The third kappa shape index (κ3) is 13.1. The van der Waals surface area contributed by atoms with Gasteiger partial charge in [0.25, 0.3) is 0 Å². The van der Waals surface area contributed by atoms with Gasteiger partial charge in [-0.25, -0.2) is 8.78 Å². The second-order valence-corrected chi connectivity index (χ2v) is 18.1. The Hall–Kier alpha value is -4.96. The molecule has 0 saturated heterocycles. The largest absolute Gasteiger partial charge is 1.00 e. The number of nitrogens with zero attached hydrogens (tertiary/aromatic N) is 6. The minimum Gasteiger partial charge on any atom is -1.00 e. The zero-order valence-corrected chi connectivity index (χ0v) is 38.0. The van der Waals surface area contributed by atoms with Crippen LogP contribution in [0.25, 0.3) is 0 Å². The summed E-state index contributed by atoms with van der Waals surface area (Å²) in [5.74, 6) is -1.92. The maximum absolute atomic E-state index is 14.5. The van der Waals surface area contributed by atoms with Gasteiger partial charge in [0.1, 0.15) is 52.4 Å². The van der Waals surface area contributed by atoms with Crippen molar-refractivity contribution in [3.05, 3.63) is 147 Å². The summed E-state index contributed by atoms with van der Waals surface area (Å²) < 4.78 is 116. The van der Waals surface area contributed by atoms with Gasteiger partial charge in [-0.2, -0.15) is 36.9 Å². The molecule has 3 atom stereocenters. The maximum Gasteiger partial charge on any atom is 0.477 e. The van der Waals surface area contributed by atoms with E-state index in [1.54, 1.807) is 40.0 Å². The number of aromatic hydroxyl groups is 1. The van der Waals surface area contributed by atoms with Crippen molar-refractivity contribution in [3.8, 4) is 29.4 Å². The van der Waals surface area contributed by atoms with Gasteiger partial charge in [0, 0.05) is 17.5 Å². The van der Waals surface area contributed by atoms with Gasteiger partial charge in [0.2, 0.25) is 0 Å². The molecule has 4 aromatic rings. The number of hydrogen-bond donors (Lipinski definition) is 1. The highest BCUT2D eigenvalue weighted by atomic mass is 127. The van der Waals surface area contributed by atoms with Gasteiger partial charge in [-0.15, -0.1) is 0 Å². The quantitative estimate of drug-likeness (QED) is 0.132. The smallest absolute Gasteiger partial charge is 0.477 e. The van der Waals surface area contributed by atoms with E-state index < -0.39 is 50.8 Å². The van der Waals surface area contributed by atoms with E-state index in [2.05, 4.69) is 96.7 Å². The van der Waals surface area contributed by atoms with Crippen LogP contribution in [0.5, 0.6) is 17.2 Å². The van der Waals surface area contributed by atoms with Crippen LogP contribution in [0, 0.1) is 37.9 Å². The number of ether oxygens (including phenoxy) is 1. The second-order valence-electron chi connectivity index (χ2n) is 12.8. The molecule has 2 heterocycles. The summed E-state index contributed by atoms with van der Waals surface area (Å²) in [5, 5.41) is 34.9. The van der Waals surface area contributed by atoms with Gasteiger partial charge < -0.3 is 22.3 Å². The summed E-state index contributed by atoms with van der Waals surface area (Å²) >= 11 is 5.95. The molecule has 8 nitrogen and oxygen atoms in total. The normalized spacial score (nSPS) is 17.7. The van der Waals surface area contributed by atoms with Crippen LogP contribution < -0.4 is 38.3 Å². The maximum atomic E-state index is 14.5. The number of allylic oxidation sites excluding steroid dienone is 4. The van der Waals surface area contributed by atoms with Crippen molar-refractivity contribution >= 4 is 54.7 Å². The highest BCUT2D eigenvalue weighted by molar-refractivity contribution is 9.10. The fraction of sp³-hybridized carbons (Fsp3) is 0.209. The molecule has 3 aliphatic rings. The molecule has 63 heavy (non-hydrogen) atoms. The first-order valence-electron chi connectivity index (χ1n) is 17.6. The summed E-state index contributed by atoms with van der Waals surface area (Å²) in [7, 11) is 2.22. The van der Waals surface area contributed by atoms with Crippen molar-refractivity contribution < 1.29 is 87.9 Å². The molecule has 330 valence electrons. The monoisotopic (exact) mass is 1140 g/mol. The Morgan fingerprint density at radius 1 is 0.746 bits per heavy atom. The lowest BCUT2D eigenvalue weighted by atomic mass is 10.0. The second kappa shape index (κ2) is 22.6. The zero-order chi connectivity index (χ0) is 44.6. The Labute approximate surface area is 390 Å². The highest BCUT2D eigenvalue weighted by Crippen LogP contribution is 2.34. The Morgan fingerprint density at radius 2 is 1.22 bits per heavy atom. The van der Waals surface area contributed by atoms with Crippen LogP contribution in [0.15, 0.2) is 119 Å². The van der Waals surface area contributed by atoms with E-state index in [-0.39, 0.29) is 80.5 Å². The van der Waals surface area contributed by atoms with Crippen LogP contribution in [-0.2, 0) is 0 Å². The minimum absolute atomic E-state index is 0. The Balaban J connectivity index is 0.000000262. The molecule has 1 aliphatic carbocycles. The number of halogens is 12. The Kier molecular flexibility index (Phi) is 18.8. The fourth-order valence-corrected chi connectivity index (χ4v) is 10.4. The van der Waals surface area contributed by atoms with Crippen LogP contribution in [0.3, 0.4) is 0 Å². The van der Waals surface area contributed by atoms with Crippen LogP contribution in [0.1, 0.15) is 36.1 Å². The van der Waals surface area contributed by atoms with E-state index >= 15 is 0 Å². The van der Waals surface area contributed by atoms with Crippen LogP contribution >= 0.6 is 31.9 Å². The molecular formula is C43H34Br2ClF8IN6O2+2. The number of benzene rings is 4. The Bertz CT molecular complexity index is 2570. The number of alkyl halides is 9. The van der Waals surface area contributed by atoms with Crippen molar-refractivity contribution in [2.45, 2.75) is 39.8 Å². The van der Waals surface area contributed by atoms with Gasteiger partial charge in [-0.3, -0.25) is 0 Å². The molecule has 4 aromatic carbocycles. The summed E-state index contributed by atoms with van der Waals surface area (Å²) in [6, 6.07) is 26.4. The number of hydrazone groups is 2. The molecule has 0 amide bonds. The average molecular weight is 1140 g/mol. The molecule has 0 saturated carbocycles. The van der Waals surface area contributed by atoms with Crippen LogP contribution in [0.4, 0.5) is 35.1 Å². The zero-order valence-electron chi connectivity index (χ0n) is 31.9. The minimum atomic E-state index is -4.64.